The Morgan fingerprint density at radius 2 is 2.12 bits per heavy atom. The fourth-order valence-electron chi connectivity index (χ4n) is 1.12. The highest BCUT2D eigenvalue weighted by atomic mass is 35.5. The summed E-state index contributed by atoms with van der Waals surface area (Å²) in [6, 6.07) is 6.65. The molecule has 1 aromatic carbocycles. The predicted octanol–water partition coefficient (Wildman–Crippen LogP) is 3.68. The van der Waals surface area contributed by atoms with E-state index in [0.29, 0.717) is 6.29 Å². The van der Waals surface area contributed by atoms with E-state index in [9.17, 15) is 9.18 Å². The zero-order valence-electron chi connectivity index (χ0n) is 7.94. The third-order valence-corrected chi connectivity index (χ3v) is 2.12. The molecule has 82 valence electrons. The maximum atomic E-state index is 12.7. The fraction of sp³-hybridized carbons (Fsp3) is 0. The Morgan fingerprint density at radius 3 is 2.75 bits per heavy atom. The van der Waals surface area contributed by atoms with Gasteiger partial charge in [-0.15, -0.1) is 0 Å². The highest BCUT2D eigenvalue weighted by Crippen LogP contribution is 2.30. The number of aldehydes is 1. The number of ether oxygens (including phenoxy) is 1. The number of furan rings is 1. The third-order valence-electron chi connectivity index (χ3n) is 1.82. The van der Waals surface area contributed by atoms with E-state index < -0.39 is 5.82 Å². The van der Waals surface area contributed by atoms with Crippen molar-refractivity contribution < 1.29 is 18.3 Å². The molecule has 0 spiro atoms. The Hall–Kier alpha value is -1.81. The van der Waals surface area contributed by atoms with Gasteiger partial charge >= 0.3 is 0 Å². The number of carbonyl (C=O) groups excluding carboxylic acids is 1. The van der Waals surface area contributed by atoms with Crippen molar-refractivity contribution in [1.82, 2.24) is 0 Å². The van der Waals surface area contributed by atoms with Gasteiger partial charge in [0, 0.05) is 6.07 Å². The van der Waals surface area contributed by atoms with Gasteiger partial charge in [-0.2, -0.15) is 0 Å². The van der Waals surface area contributed by atoms with Gasteiger partial charge in [0.25, 0.3) is 5.95 Å². The lowest BCUT2D eigenvalue weighted by Crippen LogP contribution is -1.84. The summed E-state index contributed by atoms with van der Waals surface area (Å²) in [7, 11) is 0. The van der Waals surface area contributed by atoms with Gasteiger partial charge in [-0.3, -0.25) is 4.79 Å². The lowest BCUT2D eigenvalue weighted by molar-refractivity contribution is 0.109. The van der Waals surface area contributed by atoms with Crippen molar-refractivity contribution in [2.75, 3.05) is 0 Å². The molecule has 0 unspecified atom stereocenters. The first-order valence-corrected chi connectivity index (χ1v) is 4.75. The van der Waals surface area contributed by atoms with Crippen molar-refractivity contribution in [1.29, 1.82) is 0 Å². The normalized spacial score (nSPS) is 10.1. The Morgan fingerprint density at radius 1 is 1.31 bits per heavy atom. The van der Waals surface area contributed by atoms with Crippen LogP contribution in [0.1, 0.15) is 10.6 Å². The van der Waals surface area contributed by atoms with Crippen LogP contribution in [0.25, 0.3) is 0 Å². The standard InChI is InChI=1S/C11H6ClFO3/c12-9-5-7(13)1-3-10(9)16-11-4-2-8(6-14)15-11/h1-6H. The van der Waals surface area contributed by atoms with E-state index in [0.717, 1.165) is 6.07 Å². The molecule has 1 aromatic heterocycles. The smallest absolute Gasteiger partial charge is 0.290 e. The molecule has 0 atom stereocenters. The molecule has 0 radical (unpaired) electrons. The predicted molar refractivity (Wildman–Crippen MR) is 55.6 cm³/mol. The molecule has 0 aliphatic rings. The summed E-state index contributed by atoms with van der Waals surface area (Å²) in [4.78, 5) is 10.4. The summed E-state index contributed by atoms with van der Waals surface area (Å²) >= 11 is 5.74. The van der Waals surface area contributed by atoms with Crippen LogP contribution in [0, 0.1) is 5.82 Å². The molecule has 5 heteroatoms. The van der Waals surface area contributed by atoms with Gasteiger partial charge in [0.15, 0.2) is 12.0 Å². The maximum Gasteiger partial charge on any atom is 0.290 e. The van der Waals surface area contributed by atoms with Crippen LogP contribution in [0.2, 0.25) is 5.02 Å². The largest absolute Gasteiger partial charge is 0.424 e. The van der Waals surface area contributed by atoms with Crippen molar-refractivity contribution in [3.05, 3.63) is 46.9 Å². The van der Waals surface area contributed by atoms with Gasteiger partial charge in [0.05, 0.1) is 5.02 Å². The van der Waals surface area contributed by atoms with E-state index in [-0.39, 0.29) is 22.5 Å². The molecule has 0 N–H and O–H groups in total. The van der Waals surface area contributed by atoms with Gasteiger partial charge in [-0.25, -0.2) is 4.39 Å². The zero-order chi connectivity index (χ0) is 11.5. The molecule has 1 heterocycles. The second kappa shape index (κ2) is 4.37. The topological polar surface area (TPSA) is 39.4 Å². The van der Waals surface area contributed by atoms with E-state index in [4.69, 9.17) is 20.8 Å². The number of rotatable bonds is 3. The number of hydrogen-bond donors (Lipinski definition) is 0. The lowest BCUT2D eigenvalue weighted by Gasteiger charge is -2.03. The van der Waals surface area contributed by atoms with E-state index >= 15 is 0 Å². The first-order chi connectivity index (χ1) is 7.69. The second-order valence-corrected chi connectivity index (χ2v) is 3.36. The van der Waals surface area contributed by atoms with E-state index in [1.54, 1.807) is 0 Å². The summed E-state index contributed by atoms with van der Waals surface area (Å²) in [6.07, 6.45) is 0.555. The molecule has 3 nitrogen and oxygen atoms in total. The second-order valence-electron chi connectivity index (χ2n) is 2.95. The Bertz CT molecular complexity index is 522. The van der Waals surface area contributed by atoms with Crippen molar-refractivity contribution in [3.8, 4) is 11.7 Å². The van der Waals surface area contributed by atoms with Crippen LogP contribution in [0.4, 0.5) is 4.39 Å². The van der Waals surface area contributed by atoms with E-state index in [1.807, 2.05) is 0 Å². The molecular weight excluding hydrogens is 235 g/mol. The van der Waals surface area contributed by atoms with Gasteiger partial charge in [0.1, 0.15) is 11.6 Å². The van der Waals surface area contributed by atoms with Crippen LogP contribution in [0.15, 0.2) is 34.7 Å². The van der Waals surface area contributed by atoms with Crippen molar-refractivity contribution in [3.63, 3.8) is 0 Å². The average molecular weight is 241 g/mol. The van der Waals surface area contributed by atoms with Gasteiger partial charge in [0.2, 0.25) is 0 Å². The Labute approximate surface area is 95.4 Å². The molecule has 0 aliphatic carbocycles. The maximum absolute atomic E-state index is 12.7. The summed E-state index contributed by atoms with van der Waals surface area (Å²) in [5.74, 6) is 0.0732. The highest BCUT2D eigenvalue weighted by molar-refractivity contribution is 6.32. The van der Waals surface area contributed by atoms with Crippen molar-refractivity contribution >= 4 is 17.9 Å². The number of carbonyl (C=O) groups is 1. The minimum atomic E-state index is -0.453. The van der Waals surface area contributed by atoms with Gasteiger partial charge in [-0.1, -0.05) is 11.6 Å². The molecule has 0 saturated heterocycles. The Balaban J connectivity index is 2.23. The van der Waals surface area contributed by atoms with Crippen LogP contribution in [0.5, 0.6) is 11.7 Å². The van der Waals surface area contributed by atoms with Crippen LogP contribution >= 0.6 is 11.6 Å². The number of halogens is 2. The first-order valence-electron chi connectivity index (χ1n) is 4.37. The highest BCUT2D eigenvalue weighted by Gasteiger charge is 2.07. The first kappa shape index (κ1) is 10.7. The minimum absolute atomic E-state index is 0.121. The third kappa shape index (κ3) is 2.23. The molecule has 0 saturated carbocycles. The SMILES string of the molecule is O=Cc1ccc(Oc2ccc(F)cc2Cl)o1. The molecule has 0 aliphatic heterocycles. The minimum Gasteiger partial charge on any atom is -0.424 e. The molecule has 16 heavy (non-hydrogen) atoms. The lowest BCUT2D eigenvalue weighted by atomic mass is 10.3. The summed E-state index contributed by atoms with van der Waals surface area (Å²) in [5.41, 5.74) is 0. The van der Waals surface area contributed by atoms with E-state index in [2.05, 4.69) is 0 Å². The molecule has 0 bridgehead atoms. The molecule has 2 rings (SSSR count). The number of benzene rings is 1. The molecule has 2 aromatic rings. The monoisotopic (exact) mass is 240 g/mol. The fourth-order valence-corrected chi connectivity index (χ4v) is 1.32. The van der Waals surface area contributed by atoms with Crippen LogP contribution in [0.3, 0.4) is 0 Å². The zero-order valence-corrected chi connectivity index (χ0v) is 8.70. The molecule has 0 fully saturated rings. The molecule has 0 amide bonds. The number of hydrogen-bond acceptors (Lipinski definition) is 3. The van der Waals surface area contributed by atoms with Crippen LogP contribution in [-0.4, -0.2) is 6.29 Å². The Kier molecular flexibility index (Phi) is 2.92. The molecular formula is C11H6ClFO3. The van der Waals surface area contributed by atoms with Crippen molar-refractivity contribution in [2.45, 2.75) is 0 Å². The summed E-state index contributed by atoms with van der Waals surface area (Å²) < 4.78 is 22.9. The van der Waals surface area contributed by atoms with Gasteiger partial charge < -0.3 is 9.15 Å². The summed E-state index contributed by atoms with van der Waals surface area (Å²) in [5, 5.41) is 0.129. The van der Waals surface area contributed by atoms with Crippen molar-refractivity contribution in [2.24, 2.45) is 0 Å². The quantitative estimate of drug-likeness (QED) is 0.769. The van der Waals surface area contributed by atoms with Crippen LogP contribution < -0.4 is 4.74 Å². The average Bonchev–Trinajstić information content (AvgIpc) is 2.70. The summed E-state index contributed by atoms with van der Waals surface area (Å²) in [6.45, 7) is 0. The van der Waals surface area contributed by atoms with Crippen LogP contribution in [-0.2, 0) is 0 Å². The van der Waals surface area contributed by atoms with Gasteiger partial charge in [-0.05, 0) is 24.3 Å². The van der Waals surface area contributed by atoms with E-state index in [1.165, 1.54) is 24.3 Å².